The van der Waals surface area contributed by atoms with Crippen molar-refractivity contribution in [2.45, 2.75) is 31.3 Å². The first-order valence-corrected chi connectivity index (χ1v) is 9.15. The summed E-state index contributed by atoms with van der Waals surface area (Å²) in [4.78, 5) is 29.8. The lowest BCUT2D eigenvalue weighted by molar-refractivity contribution is -0.126. The third-order valence-corrected chi connectivity index (χ3v) is 4.61. The van der Waals surface area contributed by atoms with E-state index in [2.05, 4.69) is 14.6 Å². The second-order valence-corrected chi connectivity index (χ2v) is 6.91. The minimum Gasteiger partial charge on any atom is -0.354 e. The van der Waals surface area contributed by atoms with Crippen molar-refractivity contribution in [1.29, 1.82) is 0 Å². The molecule has 0 unspecified atom stereocenters. The van der Waals surface area contributed by atoms with E-state index in [1.54, 1.807) is 12.4 Å². The molecule has 2 fully saturated rings. The number of hydrogen-bond donors (Lipinski definition) is 2. The molecule has 0 aliphatic carbocycles. The van der Waals surface area contributed by atoms with Gasteiger partial charge in [0.05, 0.1) is 6.04 Å². The van der Waals surface area contributed by atoms with Gasteiger partial charge in [-0.25, -0.2) is 4.79 Å². The number of pyridine rings is 1. The lowest BCUT2D eigenvalue weighted by Gasteiger charge is -2.29. The molecule has 1 aromatic heterocycles. The van der Waals surface area contributed by atoms with Gasteiger partial charge in [0.15, 0.2) is 0 Å². The van der Waals surface area contributed by atoms with Crippen LogP contribution in [0.1, 0.15) is 18.4 Å². The number of hydrogen-bond acceptors (Lipinski definition) is 6. The Morgan fingerprint density at radius 2 is 2.08 bits per heavy atom. The highest BCUT2D eigenvalue weighted by atomic mass is 32.3. The lowest BCUT2D eigenvalue weighted by Crippen LogP contribution is -2.50. The number of rotatable bonds is 6. The van der Waals surface area contributed by atoms with Gasteiger partial charge in [0.1, 0.15) is 6.04 Å². The van der Waals surface area contributed by atoms with Crippen LogP contribution in [-0.2, 0) is 25.9 Å². The lowest BCUT2D eigenvalue weighted by atomic mass is 10.0. The van der Waals surface area contributed by atoms with Crippen LogP contribution >= 0.6 is 0 Å². The Hall–Kier alpha value is -2.24. The van der Waals surface area contributed by atoms with E-state index in [1.165, 1.54) is 4.90 Å². The number of nitrogens with one attached hydrogen (secondary N) is 1. The summed E-state index contributed by atoms with van der Waals surface area (Å²) < 4.78 is 34.8. The van der Waals surface area contributed by atoms with Gasteiger partial charge in [0.25, 0.3) is 0 Å². The van der Waals surface area contributed by atoms with Crippen LogP contribution in [0.25, 0.3) is 0 Å². The first-order chi connectivity index (χ1) is 11.8. The van der Waals surface area contributed by atoms with Gasteiger partial charge < -0.3 is 10.2 Å². The van der Waals surface area contributed by atoms with Crippen molar-refractivity contribution in [3.05, 3.63) is 30.1 Å². The fraction of sp³-hybridized carbons (Fsp3) is 0.500. The fourth-order valence-electron chi connectivity index (χ4n) is 3.10. The Balaban J connectivity index is 1.57. The van der Waals surface area contributed by atoms with Gasteiger partial charge >= 0.3 is 16.4 Å². The maximum Gasteiger partial charge on any atom is 0.418 e. The molecular formula is C14H18N4O6S. The van der Waals surface area contributed by atoms with Crippen molar-refractivity contribution in [2.75, 3.05) is 13.1 Å². The van der Waals surface area contributed by atoms with E-state index in [0.717, 1.165) is 5.56 Å². The molecule has 2 bridgehead atoms. The van der Waals surface area contributed by atoms with Gasteiger partial charge in [-0.2, -0.15) is 13.5 Å². The Morgan fingerprint density at radius 3 is 2.76 bits per heavy atom. The van der Waals surface area contributed by atoms with Gasteiger partial charge in [-0.1, -0.05) is 0 Å². The van der Waals surface area contributed by atoms with E-state index in [4.69, 9.17) is 4.55 Å². The molecule has 25 heavy (non-hydrogen) atoms. The summed E-state index contributed by atoms with van der Waals surface area (Å²) in [5.74, 6) is -0.297. The molecule has 2 aliphatic rings. The third kappa shape index (κ3) is 4.06. The van der Waals surface area contributed by atoms with Crippen molar-refractivity contribution in [2.24, 2.45) is 0 Å². The highest BCUT2D eigenvalue weighted by Gasteiger charge is 2.49. The van der Waals surface area contributed by atoms with Crippen LogP contribution in [0.3, 0.4) is 0 Å². The molecule has 0 spiro atoms. The molecule has 2 atom stereocenters. The van der Waals surface area contributed by atoms with Gasteiger partial charge in [-0.05, 0) is 37.0 Å². The molecule has 136 valence electrons. The van der Waals surface area contributed by atoms with Crippen LogP contribution in [0.15, 0.2) is 24.5 Å². The van der Waals surface area contributed by atoms with Crippen LogP contribution in [0.5, 0.6) is 0 Å². The van der Waals surface area contributed by atoms with Crippen LogP contribution in [0, 0.1) is 0 Å². The van der Waals surface area contributed by atoms with E-state index < -0.39 is 28.5 Å². The molecule has 3 rings (SSSR count). The number of amides is 3. The zero-order valence-corrected chi connectivity index (χ0v) is 14.1. The van der Waals surface area contributed by atoms with Crippen LogP contribution in [0.4, 0.5) is 4.79 Å². The molecule has 0 aromatic carbocycles. The summed E-state index contributed by atoms with van der Waals surface area (Å²) in [6.07, 6.45) is 4.77. The topological polar surface area (TPSA) is 129 Å². The predicted octanol–water partition coefficient (Wildman–Crippen LogP) is -0.257. The SMILES string of the molecule is O=C(NCCc1ccncc1)[C@@H]1CC[C@@H]2CN1C(=O)N2OS(=O)(=O)O. The van der Waals surface area contributed by atoms with Crippen LogP contribution < -0.4 is 5.32 Å². The fourth-order valence-corrected chi connectivity index (χ4v) is 3.49. The summed E-state index contributed by atoms with van der Waals surface area (Å²) in [5.41, 5.74) is 1.03. The minimum absolute atomic E-state index is 0.177. The molecule has 11 heteroatoms. The summed E-state index contributed by atoms with van der Waals surface area (Å²) >= 11 is 0. The maximum absolute atomic E-state index is 12.4. The van der Waals surface area contributed by atoms with Crippen LogP contribution in [0.2, 0.25) is 0 Å². The zero-order valence-electron chi connectivity index (χ0n) is 13.2. The average Bonchev–Trinajstić information content (AvgIpc) is 2.79. The van der Waals surface area contributed by atoms with Gasteiger partial charge in [0, 0.05) is 25.5 Å². The van der Waals surface area contributed by atoms with E-state index in [0.29, 0.717) is 30.9 Å². The average molecular weight is 370 g/mol. The molecule has 2 N–H and O–H groups in total. The highest BCUT2D eigenvalue weighted by molar-refractivity contribution is 7.80. The van der Waals surface area contributed by atoms with E-state index in [-0.39, 0.29) is 12.5 Å². The summed E-state index contributed by atoms with van der Waals surface area (Å²) in [5, 5.41) is 3.41. The molecule has 10 nitrogen and oxygen atoms in total. The van der Waals surface area contributed by atoms with Crippen molar-refractivity contribution in [3.63, 3.8) is 0 Å². The summed E-state index contributed by atoms with van der Waals surface area (Å²) in [7, 11) is -4.79. The largest absolute Gasteiger partial charge is 0.418 e. The molecule has 3 amide bonds. The number of fused-ring (bicyclic) bond motifs is 2. The molecular weight excluding hydrogens is 352 g/mol. The Labute approximate surface area is 144 Å². The van der Waals surface area contributed by atoms with Crippen molar-refractivity contribution in [1.82, 2.24) is 20.3 Å². The minimum atomic E-state index is -4.79. The summed E-state index contributed by atoms with van der Waals surface area (Å²) in [6.45, 7) is 0.590. The molecule has 0 radical (unpaired) electrons. The Bertz CT molecular complexity index is 756. The number of carbonyl (C=O) groups excluding carboxylic acids is 2. The predicted molar refractivity (Wildman–Crippen MR) is 84.3 cm³/mol. The zero-order chi connectivity index (χ0) is 18.0. The molecule has 1 aromatic rings. The number of piperidine rings is 1. The molecule has 2 saturated heterocycles. The van der Waals surface area contributed by atoms with Crippen LogP contribution in [-0.4, -0.2) is 65.0 Å². The number of urea groups is 1. The van der Waals surface area contributed by atoms with E-state index in [9.17, 15) is 18.0 Å². The summed E-state index contributed by atoms with van der Waals surface area (Å²) in [6, 6.07) is 1.78. The maximum atomic E-state index is 12.4. The van der Waals surface area contributed by atoms with Gasteiger partial charge in [0.2, 0.25) is 5.91 Å². The first-order valence-electron chi connectivity index (χ1n) is 7.78. The van der Waals surface area contributed by atoms with E-state index >= 15 is 0 Å². The normalized spacial score (nSPS) is 23.0. The standard InChI is InChI=1S/C14H18N4O6S/c19-13(16-8-5-10-3-6-15-7-4-10)12-2-1-11-9-17(12)14(20)18(11)24-25(21,22)23/h3-4,6-7,11-12H,1-2,5,8-9H2,(H,16,19)(H,21,22,23)/t11-,12+/m1/s1. The second-order valence-electron chi connectivity index (χ2n) is 5.91. The smallest absolute Gasteiger partial charge is 0.354 e. The van der Waals surface area contributed by atoms with Crippen molar-refractivity contribution < 1.29 is 26.8 Å². The highest BCUT2D eigenvalue weighted by Crippen LogP contribution is 2.30. The number of carbonyl (C=O) groups is 2. The van der Waals surface area contributed by atoms with Crippen molar-refractivity contribution >= 4 is 22.3 Å². The second kappa shape index (κ2) is 6.94. The first kappa shape index (κ1) is 17.6. The number of nitrogens with zero attached hydrogens (tertiary/aromatic N) is 3. The quantitative estimate of drug-likeness (QED) is 0.660. The monoisotopic (exact) mass is 370 g/mol. The van der Waals surface area contributed by atoms with E-state index in [1.807, 2.05) is 12.1 Å². The van der Waals surface area contributed by atoms with Gasteiger partial charge in [-0.15, -0.1) is 4.28 Å². The number of aromatic nitrogens is 1. The molecule has 2 aliphatic heterocycles. The molecule has 0 saturated carbocycles. The number of hydroxylamine groups is 2. The van der Waals surface area contributed by atoms with Gasteiger partial charge in [-0.3, -0.25) is 14.3 Å². The van der Waals surface area contributed by atoms with Crippen molar-refractivity contribution in [3.8, 4) is 0 Å². The Kier molecular flexibility index (Phi) is 4.88. The Morgan fingerprint density at radius 1 is 1.36 bits per heavy atom. The third-order valence-electron chi connectivity index (χ3n) is 4.26. The molecule has 3 heterocycles.